The summed E-state index contributed by atoms with van der Waals surface area (Å²) in [6.45, 7) is 0.453. The van der Waals surface area contributed by atoms with Crippen molar-refractivity contribution in [1.82, 2.24) is 4.98 Å². The van der Waals surface area contributed by atoms with E-state index >= 15 is 0 Å². The van der Waals surface area contributed by atoms with Gasteiger partial charge in [0.15, 0.2) is 11.5 Å². The van der Waals surface area contributed by atoms with E-state index in [1.54, 1.807) is 7.11 Å². The Bertz CT molecular complexity index is 734. The maximum atomic E-state index is 5.79. The minimum atomic E-state index is 0.453. The van der Waals surface area contributed by atoms with E-state index < -0.39 is 0 Å². The Hall–Kier alpha value is -2.62. The number of hydrogen-bond acceptors (Lipinski definition) is 3. The number of ether oxygens (including phenoxy) is 2. The van der Waals surface area contributed by atoms with Crippen LogP contribution in [0.1, 0.15) is 5.69 Å². The summed E-state index contributed by atoms with van der Waals surface area (Å²) in [5.41, 5.74) is 8.53. The molecule has 3 N–H and O–H groups in total. The number of nitrogens with one attached hydrogen (secondary N) is 1. The molecular formula is C16H16N2O2. The molecule has 0 amide bonds. The molecule has 0 saturated carbocycles. The van der Waals surface area contributed by atoms with Crippen LogP contribution in [0.25, 0.3) is 10.9 Å². The first kappa shape index (κ1) is 12.4. The maximum Gasteiger partial charge on any atom is 0.161 e. The van der Waals surface area contributed by atoms with Crippen molar-refractivity contribution in [3.8, 4) is 11.5 Å². The van der Waals surface area contributed by atoms with E-state index in [9.17, 15) is 0 Å². The lowest BCUT2D eigenvalue weighted by atomic mass is 10.2. The number of aromatic amines is 1. The molecular weight excluding hydrogens is 252 g/mol. The van der Waals surface area contributed by atoms with Gasteiger partial charge in [-0.15, -0.1) is 0 Å². The predicted molar refractivity (Wildman–Crippen MR) is 80.0 cm³/mol. The summed E-state index contributed by atoms with van der Waals surface area (Å²) in [7, 11) is 1.63. The normalized spacial score (nSPS) is 10.7. The van der Waals surface area contributed by atoms with Crippen molar-refractivity contribution in [3.63, 3.8) is 0 Å². The largest absolute Gasteiger partial charge is 0.493 e. The first-order valence-corrected chi connectivity index (χ1v) is 6.39. The first-order valence-electron chi connectivity index (χ1n) is 6.39. The highest BCUT2D eigenvalue weighted by atomic mass is 16.5. The molecule has 0 atom stereocenters. The molecule has 0 unspecified atom stereocenters. The second-order valence-electron chi connectivity index (χ2n) is 4.58. The fraction of sp³-hybridized carbons (Fsp3) is 0.125. The second kappa shape index (κ2) is 5.17. The van der Waals surface area contributed by atoms with Crippen LogP contribution in [0.3, 0.4) is 0 Å². The molecule has 0 bridgehead atoms. The summed E-state index contributed by atoms with van der Waals surface area (Å²) in [6.07, 6.45) is 0. The number of nitrogens with two attached hydrogens (primary N) is 1. The fourth-order valence-electron chi connectivity index (χ4n) is 2.18. The van der Waals surface area contributed by atoms with E-state index in [4.69, 9.17) is 15.2 Å². The van der Waals surface area contributed by atoms with Gasteiger partial charge in [0, 0.05) is 11.2 Å². The summed E-state index contributed by atoms with van der Waals surface area (Å²) >= 11 is 0. The molecule has 0 aliphatic heterocycles. The van der Waals surface area contributed by atoms with E-state index in [0.717, 1.165) is 33.8 Å². The minimum absolute atomic E-state index is 0.453. The second-order valence-corrected chi connectivity index (χ2v) is 4.58. The predicted octanol–water partition coefficient (Wildman–Crippen LogP) is 3.34. The van der Waals surface area contributed by atoms with E-state index in [2.05, 4.69) is 11.1 Å². The van der Waals surface area contributed by atoms with E-state index in [-0.39, 0.29) is 0 Å². The van der Waals surface area contributed by atoms with Crippen molar-refractivity contribution in [2.75, 3.05) is 12.8 Å². The van der Waals surface area contributed by atoms with Gasteiger partial charge in [-0.1, -0.05) is 18.2 Å². The Morgan fingerprint density at radius 3 is 2.65 bits per heavy atom. The number of rotatable bonds is 4. The molecule has 3 rings (SSSR count). The van der Waals surface area contributed by atoms with Gasteiger partial charge in [0.05, 0.1) is 12.8 Å². The lowest BCUT2D eigenvalue weighted by Gasteiger charge is -2.09. The van der Waals surface area contributed by atoms with Gasteiger partial charge in [0.1, 0.15) is 6.61 Å². The monoisotopic (exact) mass is 268 g/mol. The smallest absolute Gasteiger partial charge is 0.161 e. The molecule has 1 heterocycles. The molecule has 0 saturated heterocycles. The zero-order valence-electron chi connectivity index (χ0n) is 11.2. The van der Waals surface area contributed by atoms with Gasteiger partial charge < -0.3 is 20.2 Å². The highest BCUT2D eigenvalue weighted by Gasteiger charge is 2.05. The summed E-state index contributed by atoms with van der Waals surface area (Å²) < 4.78 is 11.0. The van der Waals surface area contributed by atoms with Crippen molar-refractivity contribution >= 4 is 16.6 Å². The van der Waals surface area contributed by atoms with Gasteiger partial charge in [-0.3, -0.25) is 0 Å². The van der Waals surface area contributed by atoms with Crippen LogP contribution < -0.4 is 15.2 Å². The number of benzene rings is 2. The van der Waals surface area contributed by atoms with Crippen LogP contribution in [-0.2, 0) is 6.61 Å². The van der Waals surface area contributed by atoms with Crippen molar-refractivity contribution < 1.29 is 9.47 Å². The number of nitrogen functional groups attached to an aromatic ring is 1. The molecule has 0 spiro atoms. The number of para-hydroxylation sites is 2. The molecule has 2 aromatic carbocycles. The summed E-state index contributed by atoms with van der Waals surface area (Å²) in [5, 5.41) is 1.12. The summed E-state index contributed by atoms with van der Waals surface area (Å²) in [4.78, 5) is 3.30. The molecule has 4 nitrogen and oxygen atoms in total. The van der Waals surface area contributed by atoms with Crippen molar-refractivity contribution in [1.29, 1.82) is 0 Å². The van der Waals surface area contributed by atoms with Crippen molar-refractivity contribution in [2.24, 2.45) is 0 Å². The molecule has 0 aliphatic carbocycles. The fourth-order valence-corrected chi connectivity index (χ4v) is 2.18. The third-order valence-electron chi connectivity index (χ3n) is 3.15. The maximum absolute atomic E-state index is 5.79. The zero-order chi connectivity index (χ0) is 13.9. The molecule has 1 aromatic heterocycles. The number of hydrogen-bond donors (Lipinski definition) is 2. The number of H-pyrrole nitrogens is 1. The Labute approximate surface area is 117 Å². The van der Waals surface area contributed by atoms with Crippen LogP contribution in [0.4, 0.5) is 5.69 Å². The molecule has 4 heteroatoms. The van der Waals surface area contributed by atoms with E-state index in [0.29, 0.717) is 6.61 Å². The molecule has 20 heavy (non-hydrogen) atoms. The van der Waals surface area contributed by atoms with Gasteiger partial charge in [-0.05, 0) is 35.7 Å². The highest BCUT2D eigenvalue weighted by molar-refractivity contribution is 5.83. The number of methoxy groups -OCH3 is 1. The van der Waals surface area contributed by atoms with Gasteiger partial charge in [-0.2, -0.15) is 0 Å². The van der Waals surface area contributed by atoms with E-state index in [1.807, 2.05) is 42.5 Å². The Kier molecular flexibility index (Phi) is 3.21. The zero-order valence-corrected chi connectivity index (χ0v) is 11.2. The lowest BCUT2D eigenvalue weighted by molar-refractivity contribution is 0.281. The number of fused-ring (bicyclic) bond motifs is 1. The van der Waals surface area contributed by atoms with Gasteiger partial charge in [0.25, 0.3) is 0 Å². The minimum Gasteiger partial charge on any atom is -0.493 e. The van der Waals surface area contributed by atoms with E-state index in [1.165, 1.54) is 0 Å². The molecule has 0 fully saturated rings. The quantitative estimate of drug-likeness (QED) is 0.713. The van der Waals surface area contributed by atoms with Gasteiger partial charge in [-0.25, -0.2) is 0 Å². The molecule has 0 radical (unpaired) electrons. The van der Waals surface area contributed by atoms with Gasteiger partial charge in [0.2, 0.25) is 0 Å². The third-order valence-corrected chi connectivity index (χ3v) is 3.15. The van der Waals surface area contributed by atoms with Crippen molar-refractivity contribution in [3.05, 3.63) is 54.2 Å². The lowest BCUT2D eigenvalue weighted by Crippen LogP contribution is -1.97. The molecule has 0 aliphatic rings. The Morgan fingerprint density at radius 2 is 1.85 bits per heavy atom. The van der Waals surface area contributed by atoms with Crippen molar-refractivity contribution in [2.45, 2.75) is 6.61 Å². The van der Waals surface area contributed by atoms with Gasteiger partial charge >= 0.3 is 0 Å². The number of anilines is 1. The number of aromatic nitrogens is 1. The third kappa shape index (κ3) is 2.40. The van der Waals surface area contributed by atoms with Crippen LogP contribution >= 0.6 is 0 Å². The summed E-state index contributed by atoms with van der Waals surface area (Å²) in [5.74, 6) is 1.46. The van der Waals surface area contributed by atoms with Crippen LogP contribution in [0.5, 0.6) is 11.5 Å². The van der Waals surface area contributed by atoms with Crippen LogP contribution in [0.2, 0.25) is 0 Å². The highest BCUT2D eigenvalue weighted by Crippen LogP contribution is 2.27. The Balaban J connectivity index is 1.79. The average molecular weight is 268 g/mol. The van der Waals surface area contributed by atoms with Crippen LogP contribution in [-0.4, -0.2) is 12.1 Å². The van der Waals surface area contributed by atoms with Crippen LogP contribution in [0, 0.1) is 0 Å². The SMILES string of the molecule is COc1ccccc1OCc1cc2ccc(N)cc2[nH]1. The molecule has 102 valence electrons. The average Bonchev–Trinajstić information content (AvgIpc) is 2.87. The molecule has 3 aromatic rings. The van der Waals surface area contributed by atoms with Crippen LogP contribution in [0.15, 0.2) is 48.5 Å². The standard InChI is InChI=1S/C16H16N2O2/c1-19-15-4-2-3-5-16(15)20-10-13-8-11-6-7-12(17)9-14(11)18-13/h2-9,18H,10,17H2,1H3. The first-order chi connectivity index (χ1) is 9.76. The Morgan fingerprint density at radius 1 is 1.05 bits per heavy atom. The topological polar surface area (TPSA) is 60.3 Å². The summed E-state index contributed by atoms with van der Waals surface area (Å²) in [6, 6.07) is 15.5.